The Morgan fingerprint density at radius 1 is 1.53 bits per heavy atom. The summed E-state index contributed by atoms with van der Waals surface area (Å²) in [5, 5.41) is 11.3. The highest BCUT2D eigenvalue weighted by Crippen LogP contribution is 2.30. The highest BCUT2D eigenvalue weighted by Gasteiger charge is 2.17. The van der Waals surface area contributed by atoms with E-state index in [0.29, 0.717) is 23.9 Å². The van der Waals surface area contributed by atoms with Crippen LogP contribution in [0.2, 0.25) is 5.02 Å². The minimum Gasteiger partial charge on any atom is -0.385 e. The molecule has 0 aliphatic rings. The predicted molar refractivity (Wildman–Crippen MR) is 67.9 cm³/mol. The smallest absolute Gasteiger partial charge is 0.294 e. The largest absolute Gasteiger partial charge is 0.385 e. The Balaban J connectivity index is 2.84. The molecule has 1 aromatic carbocycles. The quantitative estimate of drug-likeness (QED) is 0.447. The Kier molecular flexibility index (Phi) is 5.18. The first-order chi connectivity index (χ1) is 8.06. The first-order valence-corrected chi connectivity index (χ1v) is 5.58. The number of nitro benzene ring substituents is 1. The summed E-state index contributed by atoms with van der Waals surface area (Å²) in [4.78, 5) is 12.3. The van der Waals surface area contributed by atoms with Crippen LogP contribution >= 0.6 is 11.6 Å². The predicted octanol–water partition coefficient (Wildman–Crippen LogP) is 2.72. The van der Waals surface area contributed by atoms with Crippen LogP contribution in [-0.4, -0.2) is 32.2 Å². The van der Waals surface area contributed by atoms with E-state index in [9.17, 15) is 10.1 Å². The van der Waals surface area contributed by atoms with Gasteiger partial charge >= 0.3 is 0 Å². The number of benzene rings is 1. The Hall–Kier alpha value is -1.33. The van der Waals surface area contributed by atoms with Gasteiger partial charge in [0.05, 0.1) is 4.92 Å². The summed E-state index contributed by atoms with van der Waals surface area (Å²) in [5.74, 6) is 0. The van der Waals surface area contributed by atoms with Gasteiger partial charge in [0.2, 0.25) is 0 Å². The van der Waals surface area contributed by atoms with E-state index < -0.39 is 4.92 Å². The molecule has 0 amide bonds. The molecule has 0 spiro atoms. The van der Waals surface area contributed by atoms with E-state index in [1.165, 1.54) is 6.07 Å². The topological polar surface area (TPSA) is 55.6 Å². The van der Waals surface area contributed by atoms with Gasteiger partial charge in [0.25, 0.3) is 5.69 Å². The second kappa shape index (κ2) is 6.42. The molecule has 0 fully saturated rings. The zero-order chi connectivity index (χ0) is 12.8. The third-order valence-corrected chi connectivity index (χ3v) is 2.62. The van der Waals surface area contributed by atoms with Crippen molar-refractivity contribution >= 4 is 23.0 Å². The normalized spacial score (nSPS) is 10.3. The van der Waals surface area contributed by atoms with Crippen molar-refractivity contribution in [1.29, 1.82) is 0 Å². The number of ether oxygens (including phenoxy) is 1. The van der Waals surface area contributed by atoms with Crippen molar-refractivity contribution in [3.8, 4) is 0 Å². The minimum absolute atomic E-state index is 0.0254. The maximum absolute atomic E-state index is 10.9. The molecule has 1 aromatic rings. The van der Waals surface area contributed by atoms with Crippen LogP contribution in [0.25, 0.3) is 0 Å². The lowest BCUT2D eigenvalue weighted by atomic mass is 10.2. The number of nitrogens with zero attached hydrogens (tertiary/aromatic N) is 2. The molecule has 0 saturated heterocycles. The van der Waals surface area contributed by atoms with Gasteiger partial charge in [-0.3, -0.25) is 10.1 Å². The lowest BCUT2D eigenvalue weighted by Gasteiger charge is -2.18. The molecule has 0 aliphatic carbocycles. The molecule has 0 N–H and O–H groups in total. The van der Waals surface area contributed by atoms with Gasteiger partial charge in [0.15, 0.2) is 0 Å². The van der Waals surface area contributed by atoms with Gasteiger partial charge in [-0.1, -0.05) is 11.6 Å². The lowest BCUT2D eigenvalue weighted by molar-refractivity contribution is -0.384. The van der Waals surface area contributed by atoms with Crippen molar-refractivity contribution < 1.29 is 9.66 Å². The number of rotatable bonds is 6. The maximum Gasteiger partial charge on any atom is 0.294 e. The summed E-state index contributed by atoms with van der Waals surface area (Å²) in [5.41, 5.74) is 0.591. The van der Waals surface area contributed by atoms with Crippen molar-refractivity contribution in [1.82, 2.24) is 0 Å². The molecule has 6 heteroatoms. The summed E-state index contributed by atoms with van der Waals surface area (Å²) < 4.78 is 4.94. The van der Waals surface area contributed by atoms with E-state index >= 15 is 0 Å². The molecule has 0 heterocycles. The third-order valence-electron chi connectivity index (χ3n) is 2.39. The van der Waals surface area contributed by atoms with E-state index in [0.717, 1.165) is 6.42 Å². The third kappa shape index (κ3) is 3.87. The van der Waals surface area contributed by atoms with Crippen molar-refractivity contribution in [3.05, 3.63) is 33.3 Å². The van der Waals surface area contributed by atoms with E-state index in [2.05, 4.69) is 0 Å². The Labute approximate surface area is 105 Å². The number of anilines is 1. The standard InChI is InChI=1S/C11H15ClN2O3/c1-13(6-3-7-17-2)10-5-4-9(12)8-11(10)14(15)16/h4-5,8H,3,6-7H2,1-2H3. The lowest BCUT2D eigenvalue weighted by Crippen LogP contribution is -2.20. The van der Waals surface area contributed by atoms with Gasteiger partial charge in [-0.15, -0.1) is 0 Å². The first kappa shape index (κ1) is 13.7. The summed E-state index contributed by atoms with van der Waals surface area (Å²) in [7, 11) is 3.44. The zero-order valence-electron chi connectivity index (χ0n) is 9.85. The van der Waals surface area contributed by atoms with Crippen molar-refractivity contribution in [2.45, 2.75) is 6.42 Å². The van der Waals surface area contributed by atoms with Gasteiger partial charge in [-0.25, -0.2) is 0 Å². The van der Waals surface area contributed by atoms with Crippen LogP contribution in [0, 0.1) is 10.1 Å². The monoisotopic (exact) mass is 258 g/mol. The van der Waals surface area contributed by atoms with Crippen LogP contribution in [0.3, 0.4) is 0 Å². The fraction of sp³-hybridized carbons (Fsp3) is 0.455. The van der Waals surface area contributed by atoms with E-state index in [1.807, 2.05) is 11.9 Å². The van der Waals surface area contributed by atoms with E-state index in [4.69, 9.17) is 16.3 Å². The molecule has 0 aromatic heterocycles. The molecule has 0 atom stereocenters. The summed E-state index contributed by atoms with van der Waals surface area (Å²) in [6, 6.07) is 4.67. The van der Waals surface area contributed by atoms with Gasteiger partial charge in [-0.05, 0) is 18.6 Å². The van der Waals surface area contributed by atoms with E-state index in [1.54, 1.807) is 19.2 Å². The summed E-state index contributed by atoms with van der Waals surface area (Å²) in [6.07, 6.45) is 0.812. The van der Waals surface area contributed by atoms with Crippen LogP contribution < -0.4 is 4.90 Å². The molecule has 0 bridgehead atoms. The number of hydrogen-bond acceptors (Lipinski definition) is 4. The van der Waals surface area contributed by atoms with Crippen LogP contribution in [0.5, 0.6) is 0 Å². The Morgan fingerprint density at radius 2 is 2.24 bits per heavy atom. The average molecular weight is 259 g/mol. The highest BCUT2D eigenvalue weighted by atomic mass is 35.5. The first-order valence-electron chi connectivity index (χ1n) is 5.20. The fourth-order valence-corrected chi connectivity index (χ4v) is 1.70. The van der Waals surface area contributed by atoms with Crippen LogP contribution in [0.1, 0.15) is 6.42 Å². The van der Waals surface area contributed by atoms with Crippen LogP contribution in [-0.2, 0) is 4.74 Å². The number of methoxy groups -OCH3 is 1. The fourth-order valence-electron chi connectivity index (χ4n) is 1.53. The van der Waals surface area contributed by atoms with Gasteiger partial charge < -0.3 is 9.64 Å². The zero-order valence-corrected chi connectivity index (χ0v) is 10.6. The summed E-state index contributed by atoms with van der Waals surface area (Å²) >= 11 is 5.75. The molecular weight excluding hydrogens is 244 g/mol. The van der Waals surface area contributed by atoms with Gasteiger partial charge in [0, 0.05) is 38.4 Å². The van der Waals surface area contributed by atoms with Gasteiger partial charge in [0.1, 0.15) is 5.69 Å². The summed E-state index contributed by atoms with van der Waals surface area (Å²) in [6.45, 7) is 1.32. The Bertz CT molecular complexity index is 398. The minimum atomic E-state index is -0.423. The molecule has 94 valence electrons. The molecule has 0 saturated carbocycles. The second-order valence-corrected chi connectivity index (χ2v) is 4.09. The van der Waals surface area contributed by atoms with Crippen LogP contribution in [0.15, 0.2) is 18.2 Å². The number of hydrogen-bond donors (Lipinski definition) is 0. The molecule has 1 rings (SSSR count). The molecule has 0 unspecified atom stereocenters. The van der Waals surface area contributed by atoms with Crippen LogP contribution in [0.4, 0.5) is 11.4 Å². The average Bonchev–Trinajstić information content (AvgIpc) is 2.29. The molecular formula is C11H15ClN2O3. The number of halogens is 1. The highest BCUT2D eigenvalue weighted by molar-refractivity contribution is 6.30. The van der Waals surface area contributed by atoms with Gasteiger partial charge in [-0.2, -0.15) is 0 Å². The maximum atomic E-state index is 10.9. The number of nitro groups is 1. The molecule has 0 radical (unpaired) electrons. The Morgan fingerprint density at radius 3 is 2.82 bits per heavy atom. The van der Waals surface area contributed by atoms with E-state index in [-0.39, 0.29) is 5.69 Å². The molecule has 0 aliphatic heterocycles. The second-order valence-electron chi connectivity index (χ2n) is 3.66. The molecule has 5 nitrogen and oxygen atoms in total. The van der Waals surface area contributed by atoms with Crippen molar-refractivity contribution in [2.24, 2.45) is 0 Å². The van der Waals surface area contributed by atoms with Crippen molar-refractivity contribution in [2.75, 3.05) is 32.2 Å². The van der Waals surface area contributed by atoms with Crippen molar-refractivity contribution in [3.63, 3.8) is 0 Å². The SMILES string of the molecule is COCCCN(C)c1ccc(Cl)cc1[N+](=O)[O-]. The molecule has 17 heavy (non-hydrogen) atoms.